The molecule has 2 heterocycles. The molecule has 0 spiro atoms. The Morgan fingerprint density at radius 2 is 1.85 bits per heavy atom. The molecule has 0 bridgehead atoms. The van der Waals surface area contributed by atoms with E-state index in [-0.39, 0.29) is 24.4 Å². The van der Waals surface area contributed by atoms with Crippen LogP contribution in [0.25, 0.3) is 22.2 Å². The van der Waals surface area contributed by atoms with Gasteiger partial charge >= 0.3 is 0 Å². The van der Waals surface area contributed by atoms with Crippen molar-refractivity contribution in [2.45, 2.75) is 37.6 Å². The molecule has 10 nitrogen and oxygen atoms in total. The topological polar surface area (TPSA) is 161 Å². The molecule has 3 aromatic rings. The van der Waals surface area contributed by atoms with Crippen molar-refractivity contribution in [3.63, 3.8) is 0 Å². The largest absolute Gasteiger partial charge is 0.530 e. The highest BCUT2D eigenvalue weighted by Crippen LogP contribution is 2.29. The van der Waals surface area contributed by atoms with Crippen LogP contribution in [0.3, 0.4) is 0 Å². The number of carbonyl (C=O) groups excluding carboxylic acids is 2. The summed E-state index contributed by atoms with van der Waals surface area (Å²) in [6, 6.07) is 9.89. The third kappa shape index (κ3) is 5.68. The van der Waals surface area contributed by atoms with Gasteiger partial charge in [0.1, 0.15) is 11.7 Å². The van der Waals surface area contributed by atoms with Crippen LogP contribution in [0.1, 0.15) is 26.5 Å². The van der Waals surface area contributed by atoms with Gasteiger partial charge in [-0.2, -0.15) is 0 Å². The Labute approximate surface area is 191 Å². The Balaban J connectivity index is 1.78. The number of sulfonamides is 1. The predicted molar refractivity (Wildman–Crippen MR) is 121 cm³/mol. The van der Waals surface area contributed by atoms with E-state index in [0.29, 0.717) is 11.3 Å². The second-order valence-electron chi connectivity index (χ2n) is 8.57. The minimum atomic E-state index is -3.84. The Morgan fingerprint density at radius 3 is 2.42 bits per heavy atom. The number of hydrogen-bond acceptors (Lipinski definition) is 6. The summed E-state index contributed by atoms with van der Waals surface area (Å²) in [5.74, 6) is -0.463. The molecule has 2 amide bonds. The third-order valence-corrected chi connectivity index (χ3v) is 6.56. The van der Waals surface area contributed by atoms with Crippen LogP contribution >= 0.6 is 0 Å². The summed E-state index contributed by atoms with van der Waals surface area (Å²) in [7, 11) is -3.84. The lowest BCUT2D eigenvalue weighted by atomic mass is 10.0. The first-order valence-electron chi connectivity index (χ1n) is 10.2. The molecule has 0 fully saturated rings. The molecule has 1 aromatic carbocycles. The van der Waals surface area contributed by atoms with E-state index in [1.807, 2.05) is 0 Å². The molecule has 0 aliphatic heterocycles. The van der Waals surface area contributed by atoms with Crippen LogP contribution in [0.15, 0.2) is 47.5 Å². The Kier molecular flexibility index (Phi) is 6.75. The number of carbonyl (C=O) groups is 2. The van der Waals surface area contributed by atoms with Gasteiger partial charge in [-0.05, 0) is 56.2 Å². The van der Waals surface area contributed by atoms with E-state index >= 15 is 0 Å². The van der Waals surface area contributed by atoms with Crippen molar-refractivity contribution in [3.05, 3.63) is 48.3 Å². The molecule has 33 heavy (non-hydrogen) atoms. The summed E-state index contributed by atoms with van der Waals surface area (Å²) in [5, 5.41) is 12.1. The molecule has 3 rings (SSSR count). The highest BCUT2D eigenvalue weighted by Gasteiger charge is 2.22. The van der Waals surface area contributed by atoms with Gasteiger partial charge in [0.25, 0.3) is 0 Å². The minimum Gasteiger partial charge on any atom is -0.530 e. The van der Waals surface area contributed by atoms with Crippen molar-refractivity contribution in [2.75, 3.05) is 13.1 Å². The maximum absolute atomic E-state index is 12.6. The van der Waals surface area contributed by atoms with Crippen LogP contribution in [-0.4, -0.2) is 53.9 Å². The van der Waals surface area contributed by atoms with Crippen molar-refractivity contribution in [1.29, 1.82) is 0 Å². The van der Waals surface area contributed by atoms with Gasteiger partial charge < -0.3 is 25.5 Å². The lowest BCUT2D eigenvalue weighted by Crippen LogP contribution is -2.53. The van der Waals surface area contributed by atoms with Gasteiger partial charge in [-0.25, -0.2) is 18.1 Å². The van der Waals surface area contributed by atoms with Crippen molar-refractivity contribution in [2.24, 2.45) is 5.73 Å². The van der Waals surface area contributed by atoms with Crippen molar-refractivity contribution in [1.82, 2.24) is 19.6 Å². The summed E-state index contributed by atoms with van der Waals surface area (Å²) < 4.78 is 27.7. The Bertz CT molecular complexity index is 1280. The van der Waals surface area contributed by atoms with Crippen LogP contribution in [0.4, 0.5) is 4.79 Å². The lowest BCUT2D eigenvalue weighted by molar-refractivity contribution is -0.270. The number of rotatable bonds is 8. The first kappa shape index (κ1) is 24.2. The smallest absolute Gasteiger partial charge is 0.240 e. The summed E-state index contributed by atoms with van der Waals surface area (Å²) in [4.78, 5) is 30.9. The molecule has 0 aliphatic carbocycles. The van der Waals surface area contributed by atoms with E-state index in [9.17, 15) is 23.1 Å². The second kappa shape index (κ2) is 9.20. The zero-order chi connectivity index (χ0) is 24.4. The molecule has 0 aliphatic rings. The number of nitrogens with zero attached hydrogens (tertiary/aromatic N) is 2. The molecule has 0 saturated carbocycles. The molecule has 2 aromatic heterocycles. The number of aromatic amines is 1. The zero-order valence-corrected chi connectivity index (χ0v) is 19.4. The number of nitrogens with two attached hydrogens (primary N) is 1. The van der Waals surface area contributed by atoms with Crippen LogP contribution in [0, 0.1) is 0 Å². The first-order valence-corrected chi connectivity index (χ1v) is 11.7. The van der Waals surface area contributed by atoms with E-state index in [1.165, 1.54) is 12.1 Å². The number of nitrogens with one attached hydrogen (secondary N) is 2. The van der Waals surface area contributed by atoms with Crippen LogP contribution in [0.5, 0.6) is 0 Å². The molecule has 0 atom stereocenters. The molecule has 176 valence electrons. The average Bonchev–Trinajstić information content (AvgIpc) is 3.11. The Morgan fingerprint density at radius 1 is 1.18 bits per heavy atom. The fraction of sp³-hybridized carbons (Fsp3) is 0.318. The number of H-pyrrole nitrogens is 1. The predicted octanol–water partition coefficient (Wildman–Crippen LogP) is 0.980. The fourth-order valence-corrected chi connectivity index (χ4v) is 4.53. The quantitative estimate of drug-likeness (QED) is 0.443. The molecular weight excluding hydrogens is 446 g/mol. The average molecular weight is 473 g/mol. The highest BCUT2D eigenvalue weighted by molar-refractivity contribution is 7.89. The number of benzene rings is 1. The summed E-state index contributed by atoms with van der Waals surface area (Å²) >= 11 is 0. The Hall–Kier alpha value is -3.44. The van der Waals surface area contributed by atoms with Crippen LogP contribution in [-0.2, 0) is 21.2 Å². The van der Waals surface area contributed by atoms with Gasteiger partial charge in [0, 0.05) is 35.9 Å². The van der Waals surface area contributed by atoms with Gasteiger partial charge in [-0.1, -0.05) is 12.1 Å². The third-order valence-electron chi connectivity index (χ3n) is 5.09. The second-order valence-corrected chi connectivity index (χ2v) is 10.3. The lowest BCUT2D eigenvalue weighted by Gasteiger charge is -2.37. The van der Waals surface area contributed by atoms with Gasteiger partial charge in [-0.3, -0.25) is 4.79 Å². The summed E-state index contributed by atoms with van der Waals surface area (Å²) in [5.41, 5.74) is 7.37. The van der Waals surface area contributed by atoms with Gasteiger partial charge in [0.05, 0.1) is 11.3 Å². The van der Waals surface area contributed by atoms with E-state index in [4.69, 9.17) is 5.73 Å². The molecule has 4 N–H and O–H groups in total. The SMILES string of the molecule is CC(C)(C)N(CCNS(=O)(=O)c1ccc(-c2ccnc3[nH]c(CC(N)=O)cc23)cc1)C(=O)[O-]. The monoisotopic (exact) mass is 472 g/mol. The van der Waals surface area contributed by atoms with Crippen LogP contribution < -0.4 is 15.6 Å². The number of primary amides is 1. The molecule has 0 saturated heterocycles. The summed E-state index contributed by atoms with van der Waals surface area (Å²) in [6.45, 7) is 4.97. The first-order chi connectivity index (χ1) is 15.4. The number of pyridine rings is 1. The van der Waals surface area contributed by atoms with Crippen LogP contribution in [0.2, 0.25) is 0 Å². The number of carboxylic acid groups (broad SMARTS) is 1. The normalized spacial score (nSPS) is 12.1. The molecule has 0 unspecified atom stereocenters. The van der Waals surface area contributed by atoms with E-state index in [2.05, 4.69) is 14.7 Å². The minimum absolute atomic E-state index is 0.0424. The van der Waals surface area contributed by atoms with E-state index < -0.39 is 27.6 Å². The molecule has 0 radical (unpaired) electrons. The summed E-state index contributed by atoms with van der Waals surface area (Å²) in [6.07, 6.45) is 0.314. The highest BCUT2D eigenvalue weighted by atomic mass is 32.2. The number of hydrogen-bond donors (Lipinski definition) is 3. The van der Waals surface area contributed by atoms with Crippen molar-refractivity contribution in [3.8, 4) is 11.1 Å². The van der Waals surface area contributed by atoms with Gasteiger partial charge in [0.2, 0.25) is 15.9 Å². The molecule has 11 heteroatoms. The van der Waals surface area contributed by atoms with Gasteiger partial charge in [-0.15, -0.1) is 0 Å². The zero-order valence-electron chi connectivity index (χ0n) is 18.6. The standard InChI is InChI=1S/C22H27N5O5S/c1-22(2,3)27(21(29)30)11-10-25-33(31,32)16-6-4-14(5-7-16)17-8-9-24-20-18(17)12-15(26-20)13-19(23)28/h4-9,12,25H,10-11,13H2,1-3H3,(H2,23,28)(H,24,26)(H,29,30)/p-1. The van der Waals surface area contributed by atoms with Crippen molar-refractivity contribution < 1.29 is 23.1 Å². The fourth-order valence-electron chi connectivity index (χ4n) is 3.51. The van der Waals surface area contributed by atoms with E-state index in [1.54, 1.807) is 51.2 Å². The number of fused-ring (bicyclic) bond motifs is 1. The van der Waals surface area contributed by atoms with E-state index in [0.717, 1.165) is 21.4 Å². The van der Waals surface area contributed by atoms with Crippen molar-refractivity contribution >= 4 is 33.1 Å². The maximum Gasteiger partial charge on any atom is 0.240 e. The number of amides is 2. The maximum atomic E-state index is 12.6. The molecular formula is C22H26N5O5S-. The van der Waals surface area contributed by atoms with Gasteiger partial charge in [0.15, 0.2) is 0 Å². The number of aromatic nitrogens is 2.